The van der Waals surface area contributed by atoms with Crippen molar-refractivity contribution in [2.45, 2.75) is 33.1 Å². The Bertz CT molecular complexity index is 381. The van der Waals surface area contributed by atoms with Gasteiger partial charge in [0, 0.05) is 23.4 Å². The molecule has 17 heavy (non-hydrogen) atoms. The summed E-state index contributed by atoms with van der Waals surface area (Å²) in [6.45, 7) is 4.30. The van der Waals surface area contributed by atoms with Gasteiger partial charge in [-0.3, -0.25) is 4.79 Å². The van der Waals surface area contributed by atoms with Crippen LogP contribution in [0.25, 0.3) is 0 Å². The minimum atomic E-state index is -0.441. The number of nitrogens with one attached hydrogen (secondary N) is 1. The Hall–Kier alpha value is -1.58. The van der Waals surface area contributed by atoms with Gasteiger partial charge in [-0.05, 0) is 25.5 Å². The lowest BCUT2D eigenvalue weighted by molar-refractivity contribution is 0.0952. The lowest BCUT2D eigenvalue weighted by Gasteiger charge is -2.07. The van der Waals surface area contributed by atoms with Crippen molar-refractivity contribution in [2.24, 2.45) is 0 Å². The van der Waals surface area contributed by atoms with Crippen LogP contribution in [0.4, 0.5) is 10.1 Å². The third kappa shape index (κ3) is 3.73. The molecule has 4 heteroatoms. The van der Waals surface area contributed by atoms with Gasteiger partial charge >= 0.3 is 0 Å². The lowest BCUT2D eigenvalue weighted by Crippen LogP contribution is -2.24. The van der Waals surface area contributed by atoms with Crippen LogP contribution < -0.4 is 11.1 Å². The first-order valence-corrected chi connectivity index (χ1v) is 5.90. The van der Waals surface area contributed by atoms with Crippen molar-refractivity contribution < 1.29 is 9.18 Å². The van der Waals surface area contributed by atoms with Gasteiger partial charge in [0.2, 0.25) is 0 Å². The molecule has 0 aliphatic rings. The maximum Gasteiger partial charge on any atom is 0.251 e. The number of carbonyl (C=O) groups is 1. The Morgan fingerprint density at radius 3 is 2.71 bits per heavy atom. The summed E-state index contributed by atoms with van der Waals surface area (Å²) in [5.74, 6) is -0.713. The van der Waals surface area contributed by atoms with Gasteiger partial charge in [-0.1, -0.05) is 19.8 Å². The fourth-order valence-electron chi connectivity index (χ4n) is 1.51. The molecule has 0 bridgehead atoms. The summed E-state index contributed by atoms with van der Waals surface area (Å²) in [5, 5.41) is 2.75. The molecule has 0 radical (unpaired) electrons. The number of benzene rings is 1. The average Bonchev–Trinajstić information content (AvgIpc) is 2.30. The molecule has 1 aromatic carbocycles. The van der Waals surface area contributed by atoms with E-state index in [1.54, 1.807) is 6.92 Å². The molecule has 1 aromatic rings. The van der Waals surface area contributed by atoms with E-state index in [-0.39, 0.29) is 11.5 Å². The van der Waals surface area contributed by atoms with Crippen LogP contribution in [0.1, 0.15) is 42.1 Å². The van der Waals surface area contributed by atoms with E-state index in [1.807, 2.05) is 0 Å². The van der Waals surface area contributed by atoms with Gasteiger partial charge in [-0.2, -0.15) is 0 Å². The van der Waals surface area contributed by atoms with Crippen LogP contribution >= 0.6 is 0 Å². The van der Waals surface area contributed by atoms with E-state index in [2.05, 4.69) is 12.2 Å². The second-order valence-electron chi connectivity index (χ2n) is 4.14. The highest BCUT2D eigenvalue weighted by atomic mass is 19.1. The van der Waals surface area contributed by atoms with E-state index >= 15 is 0 Å². The van der Waals surface area contributed by atoms with Gasteiger partial charge in [0.15, 0.2) is 0 Å². The summed E-state index contributed by atoms with van der Waals surface area (Å²) in [7, 11) is 0. The average molecular weight is 238 g/mol. The largest absolute Gasteiger partial charge is 0.398 e. The second-order valence-corrected chi connectivity index (χ2v) is 4.14. The zero-order chi connectivity index (χ0) is 12.8. The number of amides is 1. The molecule has 0 aliphatic carbocycles. The molecule has 3 nitrogen and oxygen atoms in total. The first kappa shape index (κ1) is 13.5. The molecule has 0 saturated heterocycles. The van der Waals surface area contributed by atoms with E-state index in [0.29, 0.717) is 17.8 Å². The standard InChI is InChI=1S/C13H19FN2O/c1-3-4-5-6-16-13(17)10-7-11(14)9(2)12(15)8-10/h7-8H,3-6,15H2,1-2H3,(H,16,17). The maximum atomic E-state index is 13.4. The highest BCUT2D eigenvalue weighted by Crippen LogP contribution is 2.17. The number of hydrogen-bond donors (Lipinski definition) is 2. The van der Waals surface area contributed by atoms with Crippen LogP contribution in [-0.2, 0) is 0 Å². The molecule has 0 heterocycles. The van der Waals surface area contributed by atoms with Crippen molar-refractivity contribution in [2.75, 3.05) is 12.3 Å². The van der Waals surface area contributed by atoms with Crippen molar-refractivity contribution in [1.82, 2.24) is 5.32 Å². The molecule has 94 valence electrons. The Kier molecular flexibility index (Phi) is 4.94. The highest BCUT2D eigenvalue weighted by Gasteiger charge is 2.10. The number of nitrogens with two attached hydrogens (primary N) is 1. The van der Waals surface area contributed by atoms with Gasteiger partial charge in [0.25, 0.3) is 5.91 Å². The minimum Gasteiger partial charge on any atom is -0.398 e. The fourth-order valence-corrected chi connectivity index (χ4v) is 1.51. The van der Waals surface area contributed by atoms with Crippen molar-refractivity contribution >= 4 is 11.6 Å². The summed E-state index contributed by atoms with van der Waals surface area (Å²) in [4.78, 5) is 11.7. The summed E-state index contributed by atoms with van der Waals surface area (Å²) in [6.07, 6.45) is 3.11. The van der Waals surface area contributed by atoms with E-state index in [4.69, 9.17) is 5.73 Å². The third-order valence-corrected chi connectivity index (χ3v) is 2.71. The molecular weight excluding hydrogens is 219 g/mol. The lowest BCUT2D eigenvalue weighted by atomic mass is 10.1. The molecule has 0 aliphatic heterocycles. The number of halogens is 1. The van der Waals surface area contributed by atoms with Crippen molar-refractivity contribution in [3.63, 3.8) is 0 Å². The minimum absolute atomic E-state index is 0.272. The van der Waals surface area contributed by atoms with Gasteiger partial charge in [-0.25, -0.2) is 4.39 Å². The first-order chi connectivity index (χ1) is 8.06. The van der Waals surface area contributed by atoms with E-state index in [0.717, 1.165) is 19.3 Å². The molecule has 1 amide bonds. The normalized spacial score (nSPS) is 10.3. The number of nitrogen functional groups attached to an aromatic ring is 1. The van der Waals surface area contributed by atoms with Crippen molar-refractivity contribution in [3.8, 4) is 0 Å². The van der Waals surface area contributed by atoms with E-state index in [9.17, 15) is 9.18 Å². The van der Waals surface area contributed by atoms with Crippen molar-refractivity contribution in [1.29, 1.82) is 0 Å². The number of unbranched alkanes of at least 4 members (excludes halogenated alkanes) is 2. The molecule has 0 atom stereocenters. The van der Waals surface area contributed by atoms with Crippen molar-refractivity contribution in [3.05, 3.63) is 29.1 Å². The van der Waals surface area contributed by atoms with Crippen LogP contribution in [0.5, 0.6) is 0 Å². The zero-order valence-electron chi connectivity index (χ0n) is 10.3. The SMILES string of the molecule is CCCCCNC(=O)c1cc(N)c(C)c(F)c1. The number of hydrogen-bond acceptors (Lipinski definition) is 2. The highest BCUT2D eigenvalue weighted by molar-refractivity contribution is 5.95. The predicted molar refractivity (Wildman–Crippen MR) is 67.4 cm³/mol. The monoisotopic (exact) mass is 238 g/mol. The molecule has 0 unspecified atom stereocenters. The Morgan fingerprint density at radius 1 is 1.41 bits per heavy atom. The van der Waals surface area contributed by atoms with E-state index in [1.165, 1.54) is 12.1 Å². The maximum absolute atomic E-state index is 13.4. The fraction of sp³-hybridized carbons (Fsp3) is 0.462. The smallest absolute Gasteiger partial charge is 0.251 e. The zero-order valence-corrected chi connectivity index (χ0v) is 10.3. The van der Waals surface area contributed by atoms with Gasteiger partial charge in [0.1, 0.15) is 5.82 Å². The van der Waals surface area contributed by atoms with Crippen LogP contribution in [0.2, 0.25) is 0 Å². The van der Waals surface area contributed by atoms with Crippen LogP contribution in [0.15, 0.2) is 12.1 Å². The molecular formula is C13H19FN2O. The Morgan fingerprint density at radius 2 is 2.12 bits per heavy atom. The number of anilines is 1. The molecule has 0 aromatic heterocycles. The Labute approximate surface area is 101 Å². The summed E-state index contributed by atoms with van der Waals surface area (Å²) in [5.41, 5.74) is 6.59. The first-order valence-electron chi connectivity index (χ1n) is 5.90. The number of carbonyl (C=O) groups excluding carboxylic acids is 1. The molecule has 0 spiro atoms. The topological polar surface area (TPSA) is 55.1 Å². The van der Waals surface area contributed by atoms with Crippen LogP contribution in [0, 0.1) is 12.7 Å². The molecule has 3 N–H and O–H groups in total. The van der Waals surface area contributed by atoms with Gasteiger partial charge in [-0.15, -0.1) is 0 Å². The quantitative estimate of drug-likeness (QED) is 0.612. The molecule has 0 saturated carbocycles. The summed E-state index contributed by atoms with van der Waals surface area (Å²) >= 11 is 0. The summed E-state index contributed by atoms with van der Waals surface area (Å²) in [6, 6.07) is 2.73. The Balaban J connectivity index is 2.63. The third-order valence-electron chi connectivity index (χ3n) is 2.71. The van der Waals surface area contributed by atoms with E-state index < -0.39 is 5.82 Å². The van der Waals surface area contributed by atoms with Gasteiger partial charge < -0.3 is 11.1 Å². The molecule has 1 rings (SSSR count). The predicted octanol–water partition coefficient (Wildman–Crippen LogP) is 2.64. The van der Waals surface area contributed by atoms with Crippen LogP contribution in [0.3, 0.4) is 0 Å². The second kappa shape index (κ2) is 6.23. The van der Waals surface area contributed by atoms with Gasteiger partial charge in [0.05, 0.1) is 0 Å². The summed E-state index contributed by atoms with van der Waals surface area (Å²) < 4.78 is 13.4. The van der Waals surface area contributed by atoms with Crippen LogP contribution in [-0.4, -0.2) is 12.5 Å². The molecule has 0 fully saturated rings. The number of rotatable bonds is 5.